The van der Waals surface area contributed by atoms with Crippen LogP contribution in [0.5, 0.6) is 0 Å². The largest absolute Gasteiger partial charge is 0.383 e. The van der Waals surface area contributed by atoms with Crippen molar-refractivity contribution >= 4 is 45.3 Å². The number of ether oxygens (including phenoxy) is 1. The summed E-state index contributed by atoms with van der Waals surface area (Å²) in [4.78, 5) is 9.29. The molecule has 0 fully saturated rings. The molecule has 2 aromatic heterocycles. The maximum atomic E-state index is 6.40. The highest BCUT2D eigenvalue weighted by Gasteiger charge is 2.12. The number of methoxy groups -OCH3 is 1. The van der Waals surface area contributed by atoms with E-state index in [-0.39, 0.29) is 0 Å². The summed E-state index contributed by atoms with van der Waals surface area (Å²) in [6.45, 7) is 1.41. The predicted octanol–water partition coefficient (Wildman–Crippen LogP) is 5.18. The molecule has 2 aromatic carbocycles. The smallest absolute Gasteiger partial charge is 0.169 e. The number of para-hydroxylation sites is 3. The highest BCUT2D eigenvalue weighted by atomic mass is 35.5. The van der Waals surface area contributed by atoms with E-state index in [9.17, 15) is 0 Å². The summed E-state index contributed by atoms with van der Waals surface area (Å²) < 4.78 is 7.46. The Morgan fingerprint density at radius 1 is 1.04 bits per heavy atom. The number of pyridine rings is 1. The van der Waals surface area contributed by atoms with Crippen molar-refractivity contribution in [2.24, 2.45) is 0 Å². The number of halogens is 1. The molecule has 0 bridgehead atoms. The highest BCUT2D eigenvalue weighted by molar-refractivity contribution is 7.98. The van der Waals surface area contributed by atoms with E-state index in [0.717, 1.165) is 39.2 Å². The van der Waals surface area contributed by atoms with Gasteiger partial charge in [-0.1, -0.05) is 53.7 Å². The van der Waals surface area contributed by atoms with Crippen molar-refractivity contribution in [1.82, 2.24) is 14.5 Å². The van der Waals surface area contributed by atoms with Crippen LogP contribution in [0.1, 0.15) is 5.56 Å². The summed E-state index contributed by atoms with van der Waals surface area (Å²) >= 11 is 8.07. The van der Waals surface area contributed by atoms with Gasteiger partial charge in [-0.15, -0.1) is 0 Å². The number of rotatable bonds is 6. The van der Waals surface area contributed by atoms with Gasteiger partial charge in [-0.25, -0.2) is 9.97 Å². The topological polar surface area (TPSA) is 39.9 Å². The Morgan fingerprint density at radius 2 is 1.81 bits per heavy atom. The number of thioether (sulfide) groups is 1. The minimum Gasteiger partial charge on any atom is -0.383 e. The minimum absolute atomic E-state index is 0.552. The van der Waals surface area contributed by atoms with Crippen LogP contribution in [-0.4, -0.2) is 28.3 Å². The first kappa shape index (κ1) is 17.3. The van der Waals surface area contributed by atoms with Crippen LogP contribution in [0.4, 0.5) is 0 Å². The van der Waals surface area contributed by atoms with Crippen LogP contribution in [0, 0.1) is 0 Å². The Morgan fingerprint density at radius 3 is 2.65 bits per heavy atom. The Balaban J connectivity index is 1.64. The summed E-state index contributed by atoms with van der Waals surface area (Å²) in [7, 11) is 1.71. The van der Waals surface area contributed by atoms with Crippen molar-refractivity contribution in [3.63, 3.8) is 0 Å². The van der Waals surface area contributed by atoms with Crippen molar-refractivity contribution in [1.29, 1.82) is 0 Å². The maximum absolute atomic E-state index is 6.40. The molecular weight excluding hydrogens is 366 g/mol. The van der Waals surface area contributed by atoms with Gasteiger partial charge in [0.1, 0.15) is 5.15 Å². The second-order valence-corrected chi connectivity index (χ2v) is 7.25. The fourth-order valence-corrected chi connectivity index (χ4v) is 4.25. The molecule has 0 amide bonds. The second kappa shape index (κ2) is 7.66. The van der Waals surface area contributed by atoms with Gasteiger partial charge in [-0.2, -0.15) is 0 Å². The van der Waals surface area contributed by atoms with Crippen molar-refractivity contribution in [2.45, 2.75) is 17.5 Å². The molecule has 0 saturated carbocycles. The molecular formula is C20H18ClN3OS. The number of aromatic nitrogens is 3. The molecule has 0 aliphatic heterocycles. The van der Waals surface area contributed by atoms with Gasteiger partial charge in [0.2, 0.25) is 0 Å². The highest BCUT2D eigenvalue weighted by Crippen LogP contribution is 2.30. The van der Waals surface area contributed by atoms with Gasteiger partial charge in [-0.3, -0.25) is 0 Å². The van der Waals surface area contributed by atoms with Crippen LogP contribution in [0.15, 0.2) is 59.8 Å². The van der Waals surface area contributed by atoms with E-state index in [0.29, 0.717) is 17.5 Å². The average Bonchev–Trinajstić information content (AvgIpc) is 3.02. The molecule has 0 radical (unpaired) electrons. The number of hydrogen-bond donors (Lipinski definition) is 0. The summed E-state index contributed by atoms with van der Waals surface area (Å²) in [6.07, 6.45) is 0. The first-order valence-electron chi connectivity index (χ1n) is 8.37. The summed E-state index contributed by atoms with van der Waals surface area (Å²) in [5, 5.41) is 2.61. The standard InChI is InChI=1S/C20H18ClN3OS/c1-25-11-10-24-18-9-5-4-8-17(18)23-20(24)26-13-15-12-14-6-2-3-7-16(14)22-19(15)21/h2-9,12H,10-11,13H2,1H3. The van der Waals surface area contributed by atoms with Gasteiger partial charge in [-0.05, 0) is 24.3 Å². The van der Waals surface area contributed by atoms with Gasteiger partial charge < -0.3 is 9.30 Å². The molecule has 132 valence electrons. The zero-order valence-electron chi connectivity index (χ0n) is 14.4. The van der Waals surface area contributed by atoms with Gasteiger partial charge in [0.25, 0.3) is 0 Å². The molecule has 4 nitrogen and oxygen atoms in total. The van der Waals surface area contributed by atoms with E-state index >= 15 is 0 Å². The van der Waals surface area contributed by atoms with Gasteiger partial charge >= 0.3 is 0 Å². The van der Waals surface area contributed by atoms with E-state index in [1.807, 2.05) is 36.4 Å². The zero-order chi connectivity index (χ0) is 17.9. The first-order valence-corrected chi connectivity index (χ1v) is 9.74. The maximum Gasteiger partial charge on any atom is 0.169 e. The minimum atomic E-state index is 0.552. The lowest BCUT2D eigenvalue weighted by atomic mass is 10.2. The van der Waals surface area contributed by atoms with Gasteiger partial charge in [0.05, 0.1) is 23.2 Å². The van der Waals surface area contributed by atoms with Crippen LogP contribution < -0.4 is 0 Å². The van der Waals surface area contributed by atoms with Crippen LogP contribution in [-0.2, 0) is 17.0 Å². The van der Waals surface area contributed by atoms with Crippen molar-refractivity contribution in [3.8, 4) is 0 Å². The Hall–Kier alpha value is -2.08. The van der Waals surface area contributed by atoms with Crippen LogP contribution in [0.3, 0.4) is 0 Å². The lowest BCUT2D eigenvalue weighted by molar-refractivity contribution is 0.186. The van der Waals surface area contributed by atoms with Crippen molar-refractivity contribution < 1.29 is 4.74 Å². The third-order valence-corrected chi connectivity index (χ3v) is 5.60. The zero-order valence-corrected chi connectivity index (χ0v) is 15.9. The number of fused-ring (bicyclic) bond motifs is 2. The molecule has 0 atom stereocenters. The third kappa shape index (κ3) is 3.43. The summed E-state index contributed by atoms with van der Waals surface area (Å²) in [5.41, 5.74) is 4.04. The van der Waals surface area contributed by atoms with E-state index in [4.69, 9.17) is 21.3 Å². The van der Waals surface area contributed by atoms with E-state index in [1.165, 1.54) is 0 Å². The third-order valence-electron chi connectivity index (χ3n) is 4.25. The first-order chi connectivity index (χ1) is 12.8. The van der Waals surface area contributed by atoms with Crippen molar-refractivity contribution in [3.05, 3.63) is 65.3 Å². The normalized spacial score (nSPS) is 11.5. The fourth-order valence-electron chi connectivity index (χ4n) is 2.94. The van der Waals surface area contributed by atoms with Crippen LogP contribution in [0.2, 0.25) is 5.15 Å². The number of imidazole rings is 1. The predicted molar refractivity (Wildman–Crippen MR) is 108 cm³/mol. The van der Waals surface area contributed by atoms with Gasteiger partial charge in [0, 0.05) is 30.4 Å². The second-order valence-electron chi connectivity index (χ2n) is 5.95. The molecule has 0 saturated heterocycles. The Labute approximate surface area is 161 Å². The molecule has 0 aliphatic rings. The molecule has 0 spiro atoms. The monoisotopic (exact) mass is 383 g/mol. The van der Waals surface area contributed by atoms with E-state index < -0.39 is 0 Å². The molecule has 0 N–H and O–H groups in total. The molecule has 26 heavy (non-hydrogen) atoms. The number of nitrogens with zero attached hydrogens (tertiary/aromatic N) is 3. The Kier molecular flexibility index (Phi) is 5.11. The SMILES string of the molecule is COCCn1c(SCc2cc3ccccc3nc2Cl)nc2ccccc21. The lowest BCUT2D eigenvalue weighted by Crippen LogP contribution is -2.05. The quantitative estimate of drug-likeness (QED) is 0.340. The van der Waals surface area contributed by atoms with E-state index in [1.54, 1.807) is 18.9 Å². The van der Waals surface area contributed by atoms with E-state index in [2.05, 4.69) is 27.8 Å². The summed E-state index contributed by atoms with van der Waals surface area (Å²) in [6, 6.07) is 18.3. The fraction of sp³-hybridized carbons (Fsp3) is 0.200. The number of benzene rings is 2. The number of hydrogen-bond acceptors (Lipinski definition) is 4. The summed E-state index contributed by atoms with van der Waals surface area (Å²) in [5.74, 6) is 0.715. The molecule has 0 unspecified atom stereocenters. The lowest BCUT2D eigenvalue weighted by Gasteiger charge is -2.09. The Bertz CT molecular complexity index is 1060. The van der Waals surface area contributed by atoms with Crippen LogP contribution in [0.25, 0.3) is 21.9 Å². The van der Waals surface area contributed by atoms with Gasteiger partial charge in [0.15, 0.2) is 5.16 Å². The molecule has 0 aliphatic carbocycles. The van der Waals surface area contributed by atoms with Crippen LogP contribution >= 0.6 is 23.4 Å². The molecule has 4 rings (SSSR count). The molecule has 6 heteroatoms. The molecule has 4 aromatic rings. The average molecular weight is 384 g/mol. The molecule has 2 heterocycles. The van der Waals surface area contributed by atoms with Crippen molar-refractivity contribution in [2.75, 3.05) is 13.7 Å².